The molecule has 1 aliphatic carbocycles. The van der Waals surface area contributed by atoms with Crippen LogP contribution < -0.4 is 5.32 Å². The van der Waals surface area contributed by atoms with E-state index in [0.717, 1.165) is 13.0 Å². The summed E-state index contributed by atoms with van der Waals surface area (Å²) in [5, 5.41) is 3.09. The molecule has 78 valence electrons. The Hall–Kier alpha value is 0.110. The van der Waals surface area contributed by atoms with E-state index < -0.39 is 11.3 Å². The molecule has 1 N–H and O–H groups in total. The zero-order valence-electron chi connectivity index (χ0n) is 7.61. The summed E-state index contributed by atoms with van der Waals surface area (Å²) in [4.78, 5) is 0. The third kappa shape index (κ3) is 1.68. The minimum Gasteiger partial charge on any atom is -0.316 e. The average molecular weight is 212 g/mol. The molecule has 0 aromatic heterocycles. The minimum atomic E-state index is -2.40. The van der Waals surface area contributed by atoms with Gasteiger partial charge in [0.05, 0.1) is 0 Å². The second-order valence-electron chi connectivity index (χ2n) is 4.12. The Morgan fingerprint density at radius 1 is 1.00 bits per heavy atom. The molecule has 1 nitrogen and oxygen atoms in total. The Bertz CT molecular complexity index is 178. The van der Waals surface area contributed by atoms with Crippen LogP contribution in [0.3, 0.4) is 0 Å². The first kappa shape index (κ1) is 11.2. The number of rotatable bonds is 0. The summed E-state index contributed by atoms with van der Waals surface area (Å²) in [6.45, 7) is 1.44. The van der Waals surface area contributed by atoms with Crippen LogP contribution in [0, 0.1) is 5.41 Å². The van der Waals surface area contributed by atoms with Crippen LogP contribution in [-0.2, 0) is 0 Å². The highest BCUT2D eigenvalue weighted by Gasteiger charge is 2.56. The van der Waals surface area contributed by atoms with Crippen LogP contribution in [0.4, 0.5) is 8.78 Å². The molecule has 2 aliphatic rings. The average Bonchev–Trinajstić information content (AvgIpc) is 2.30. The van der Waals surface area contributed by atoms with Gasteiger partial charge < -0.3 is 5.32 Å². The predicted molar refractivity (Wildman–Crippen MR) is 50.6 cm³/mol. The van der Waals surface area contributed by atoms with Gasteiger partial charge in [-0.05, 0) is 32.2 Å². The molecule has 2 rings (SSSR count). The molecule has 1 aliphatic heterocycles. The zero-order chi connectivity index (χ0) is 8.66. The number of hydrogen-bond donors (Lipinski definition) is 1. The second-order valence-corrected chi connectivity index (χ2v) is 4.12. The van der Waals surface area contributed by atoms with Crippen LogP contribution in [0.5, 0.6) is 0 Å². The highest BCUT2D eigenvalue weighted by atomic mass is 35.5. The monoisotopic (exact) mass is 211 g/mol. The third-order valence-corrected chi connectivity index (χ3v) is 3.39. The molecule has 1 unspecified atom stereocenters. The van der Waals surface area contributed by atoms with E-state index in [1.54, 1.807) is 0 Å². The number of piperidine rings is 1. The highest BCUT2D eigenvalue weighted by molar-refractivity contribution is 5.85. The number of hydrogen-bond acceptors (Lipinski definition) is 1. The smallest absolute Gasteiger partial charge is 0.254 e. The topological polar surface area (TPSA) is 12.0 Å². The molecule has 13 heavy (non-hydrogen) atoms. The minimum absolute atomic E-state index is 0. The second kappa shape index (κ2) is 3.70. The molecule has 0 aromatic carbocycles. The van der Waals surface area contributed by atoms with Crippen molar-refractivity contribution in [1.82, 2.24) is 5.32 Å². The van der Waals surface area contributed by atoms with Crippen LogP contribution >= 0.6 is 12.4 Å². The highest BCUT2D eigenvalue weighted by Crippen LogP contribution is 2.53. The van der Waals surface area contributed by atoms with E-state index in [0.29, 0.717) is 25.8 Å². The Morgan fingerprint density at radius 3 is 2.15 bits per heavy atom. The summed E-state index contributed by atoms with van der Waals surface area (Å²) in [5.41, 5.74) is -0.675. The lowest BCUT2D eigenvalue weighted by atomic mass is 9.77. The molecule has 1 saturated carbocycles. The molecule has 0 radical (unpaired) electrons. The van der Waals surface area contributed by atoms with Crippen molar-refractivity contribution in [2.24, 2.45) is 5.41 Å². The van der Waals surface area contributed by atoms with Crippen molar-refractivity contribution in [3.05, 3.63) is 0 Å². The Balaban J connectivity index is 0.000000845. The van der Waals surface area contributed by atoms with E-state index in [2.05, 4.69) is 5.32 Å². The van der Waals surface area contributed by atoms with Gasteiger partial charge in [0.1, 0.15) is 0 Å². The van der Waals surface area contributed by atoms with Gasteiger partial charge in [-0.1, -0.05) is 0 Å². The Morgan fingerprint density at radius 2 is 1.69 bits per heavy atom. The molecular weight excluding hydrogens is 196 g/mol. The first-order valence-electron chi connectivity index (χ1n) is 4.75. The molecule has 1 saturated heterocycles. The summed E-state index contributed by atoms with van der Waals surface area (Å²) < 4.78 is 26.9. The number of alkyl halides is 2. The summed E-state index contributed by atoms with van der Waals surface area (Å²) in [5.74, 6) is -2.40. The fraction of sp³-hybridized carbons (Fsp3) is 1.00. The van der Waals surface area contributed by atoms with E-state index in [9.17, 15) is 8.78 Å². The summed E-state index contributed by atoms with van der Waals surface area (Å²) in [6.07, 6.45) is 3.15. The van der Waals surface area contributed by atoms with Crippen molar-refractivity contribution in [3.63, 3.8) is 0 Å². The maximum atomic E-state index is 13.4. The van der Waals surface area contributed by atoms with Crippen LogP contribution in [0.15, 0.2) is 0 Å². The quantitative estimate of drug-likeness (QED) is 0.650. The van der Waals surface area contributed by atoms with Gasteiger partial charge in [0, 0.05) is 18.4 Å². The normalized spacial score (nSPS) is 37.4. The van der Waals surface area contributed by atoms with Crippen molar-refractivity contribution < 1.29 is 8.78 Å². The van der Waals surface area contributed by atoms with Crippen molar-refractivity contribution in [2.75, 3.05) is 13.1 Å². The van der Waals surface area contributed by atoms with Gasteiger partial charge in [0.25, 0.3) is 5.92 Å². The summed E-state index contributed by atoms with van der Waals surface area (Å²) >= 11 is 0. The van der Waals surface area contributed by atoms with Crippen molar-refractivity contribution in [2.45, 2.75) is 38.0 Å². The van der Waals surface area contributed by atoms with Crippen LogP contribution in [0.2, 0.25) is 0 Å². The maximum absolute atomic E-state index is 13.4. The summed E-state index contributed by atoms with van der Waals surface area (Å²) in [6, 6.07) is 0. The maximum Gasteiger partial charge on any atom is 0.254 e. The zero-order valence-corrected chi connectivity index (χ0v) is 8.43. The fourth-order valence-corrected chi connectivity index (χ4v) is 2.59. The van der Waals surface area contributed by atoms with E-state index in [4.69, 9.17) is 0 Å². The molecule has 1 spiro atoms. The van der Waals surface area contributed by atoms with Gasteiger partial charge in [0.2, 0.25) is 0 Å². The lowest BCUT2D eigenvalue weighted by Gasteiger charge is -2.38. The first-order valence-corrected chi connectivity index (χ1v) is 4.75. The third-order valence-electron chi connectivity index (χ3n) is 3.39. The molecule has 0 amide bonds. The van der Waals surface area contributed by atoms with E-state index in [-0.39, 0.29) is 18.8 Å². The van der Waals surface area contributed by atoms with Crippen molar-refractivity contribution in [1.29, 1.82) is 0 Å². The van der Waals surface area contributed by atoms with Gasteiger partial charge in [-0.25, -0.2) is 8.78 Å². The fourth-order valence-electron chi connectivity index (χ4n) is 2.59. The van der Waals surface area contributed by atoms with Crippen LogP contribution in [0.1, 0.15) is 32.1 Å². The molecule has 1 atom stereocenters. The molecular formula is C9H16ClF2N. The lowest BCUT2D eigenvalue weighted by molar-refractivity contribution is -0.108. The van der Waals surface area contributed by atoms with Crippen molar-refractivity contribution >= 4 is 12.4 Å². The van der Waals surface area contributed by atoms with E-state index in [1.165, 1.54) is 0 Å². The van der Waals surface area contributed by atoms with Gasteiger partial charge >= 0.3 is 0 Å². The molecule has 1 heterocycles. The van der Waals surface area contributed by atoms with Gasteiger partial charge in [-0.3, -0.25) is 0 Å². The number of halogens is 3. The predicted octanol–water partition coefficient (Wildman–Crippen LogP) is 2.60. The molecule has 0 aromatic rings. The molecule has 0 bridgehead atoms. The van der Waals surface area contributed by atoms with E-state index in [1.807, 2.05) is 0 Å². The van der Waals surface area contributed by atoms with Gasteiger partial charge in [-0.15, -0.1) is 12.4 Å². The SMILES string of the molecule is Cl.FC1(F)CCCC12CCCNC2. The summed E-state index contributed by atoms with van der Waals surface area (Å²) in [7, 11) is 0. The molecule has 2 fully saturated rings. The van der Waals surface area contributed by atoms with Crippen LogP contribution in [0.25, 0.3) is 0 Å². The Kier molecular flexibility index (Phi) is 3.18. The van der Waals surface area contributed by atoms with Crippen LogP contribution in [-0.4, -0.2) is 19.0 Å². The Labute approximate surface area is 83.7 Å². The standard InChI is InChI=1S/C9H15F2N.ClH/c10-9(11)5-1-3-8(9)4-2-6-12-7-8;/h12H,1-7H2;1H. The number of nitrogens with one attached hydrogen (secondary N) is 1. The van der Waals surface area contributed by atoms with Gasteiger partial charge in [0.15, 0.2) is 0 Å². The van der Waals surface area contributed by atoms with E-state index >= 15 is 0 Å². The van der Waals surface area contributed by atoms with Gasteiger partial charge in [-0.2, -0.15) is 0 Å². The largest absolute Gasteiger partial charge is 0.316 e. The lowest BCUT2D eigenvalue weighted by Crippen LogP contribution is -2.48. The van der Waals surface area contributed by atoms with Crippen molar-refractivity contribution in [3.8, 4) is 0 Å². The molecule has 4 heteroatoms. The first-order chi connectivity index (χ1) is 5.66.